The fourth-order valence-electron chi connectivity index (χ4n) is 9.91. The number of unbranched alkanes of at least 4 members (excludes halogenated alkanes) is 5. The van der Waals surface area contributed by atoms with E-state index in [9.17, 15) is 79.5 Å². The molecule has 16 atom stereocenters. The Bertz CT molecular complexity index is 2100. The van der Waals surface area contributed by atoms with Crippen LogP contribution >= 0.6 is 0 Å². The third-order valence-electron chi connectivity index (χ3n) is 14.4. The number of amides is 7. The molecule has 7 amide bonds. The molecular weight excluding hydrogens is 981 g/mol. The van der Waals surface area contributed by atoms with Gasteiger partial charge in [0, 0.05) is 38.0 Å². The molecule has 0 unspecified atom stereocenters. The Morgan fingerprint density at radius 1 is 0.760 bits per heavy atom. The lowest BCUT2D eigenvalue weighted by molar-refractivity contribution is -0.147. The van der Waals surface area contributed by atoms with Crippen LogP contribution in [0.5, 0.6) is 5.75 Å². The van der Waals surface area contributed by atoms with Crippen molar-refractivity contribution in [1.82, 2.24) is 36.4 Å². The number of phenolic OH excluding ortho intramolecular Hbond substituents is 1. The summed E-state index contributed by atoms with van der Waals surface area (Å²) in [6.07, 6.45) is -8.96. The topological polar surface area (TPSA) is 394 Å². The summed E-state index contributed by atoms with van der Waals surface area (Å²) >= 11 is 0. The van der Waals surface area contributed by atoms with Gasteiger partial charge in [-0.05, 0) is 55.7 Å². The number of carbonyl (C=O) groups excluding carboxylic acids is 7. The molecule has 1 aromatic rings. The highest BCUT2D eigenvalue weighted by atomic mass is 16.3. The van der Waals surface area contributed by atoms with Crippen molar-refractivity contribution in [2.24, 2.45) is 17.6 Å². The number of nitrogens with two attached hydrogens (primary N) is 1. The monoisotopic (exact) mass is 1060 g/mol. The van der Waals surface area contributed by atoms with Gasteiger partial charge in [-0.25, -0.2) is 0 Å². The van der Waals surface area contributed by atoms with Crippen LogP contribution in [-0.4, -0.2) is 189 Å². The molecule has 0 aliphatic carbocycles. The van der Waals surface area contributed by atoms with Gasteiger partial charge in [-0.15, -0.1) is 0 Å². The molecule has 4 rings (SSSR count). The molecule has 3 heterocycles. The van der Waals surface area contributed by atoms with Gasteiger partial charge in [-0.1, -0.05) is 84.4 Å². The summed E-state index contributed by atoms with van der Waals surface area (Å²) in [4.78, 5) is 98.5. The zero-order chi connectivity index (χ0) is 55.8. The fourth-order valence-corrected chi connectivity index (χ4v) is 9.91. The first-order chi connectivity index (χ1) is 35.3. The number of phenols is 1. The van der Waals surface area contributed by atoms with Crippen LogP contribution in [0, 0.1) is 11.8 Å². The lowest BCUT2D eigenvalue weighted by Crippen LogP contribution is -2.62. The van der Waals surface area contributed by atoms with Gasteiger partial charge in [0.25, 0.3) is 0 Å². The maximum atomic E-state index is 14.5. The second-order valence-corrected chi connectivity index (χ2v) is 20.7. The van der Waals surface area contributed by atoms with Gasteiger partial charge in [0.15, 0.2) is 6.23 Å². The number of aliphatic hydroxyl groups excluding tert-OH is 8. The Balaban J connectivity index is 1.69. The number of carbonyl (C=O) groups is 7. The van der Waals surface area contributed by atoms with Gasteiger partial charge in [0.2, 0.25) is 41.4 Å². The second kappa shape index (κ2) is 29.2. The molecule has 24 heteroatoms. The van der Waals surface area contributed by atoms with E-state index in [0.717, 1.165) is 55.2 Å². The van der Waals surface area contributed by atoms with Crippen molar-refractivity contribution >= 4 is 41.4 Å². The highest BCUT2D eigenvalue weighted by molar-refractivity contribution is 5.95. The minimum Gasteiger partial charge on any atom is -0.508 e. The van der Waals surface area contributed by atoms with E-state index in [2.05, 4.69) is 53.9 Å². The predicted molar refractivity (Wildman–Crippen MR) is 270 cm³/mol. The molecule has 0 spiro atoms. The average molecular weight is 1060 g/mol. The Labute approximate surface area is 437 Å². The molecule has 24 nitrogen and oxygen atoms in total. The number of benzene rings is 1. The fraction of sp³-hybridized carbons (Fsp3) is 0.706. The number of aromatic hydroxyl groups is 1. The molecule has 0 bridgehead atoms. The maximum Gasteiger partial charge on any atom is 0.248 e. The number of hydrogen-bond donors (Lipinski definition) is 15. The minimum absolute atomic E-state index is 0.00462. The lowest BCUT2D eigenvalue weighted by Gasteiger charge is -2.36. The maximum absolute atomic E-state index is 14.5. The molecule has 16 N–H and O–H groups in total. The number of nitrogens with zero attached hydrogens (tertiary/aromatic N) is 2. The predicted octanol–water partition coefficient (Wildman–Crippen LogP) is -2.35. The first kappa shape index (κ1) is 62.1. The summed E-state index contributed by atoms with van der Waals surface area (Å²) in [6.45, 7) is 10.8. The molecule has 3 aliphatic heterocycles. The summed E-state index contributed by atoms with van der Waals surface area (Å²) in [5, 5.41) is 112. The van der Waals surface area contributed by atoms with E-state index in [4.69, 9.17) is 5.73 Å². The number of aliphatic hydroxyl groups is 8. The summed E-state index contributed by atoms with van der Waals surface area (Å²) < 4.78 is 0. The van der Waals surface area contributed by atoms with E-state index in [-0.39, 0.29) is 30.7 Å². The molecule has 75 heavy (non-hydrogen) atoms. The van der Waals surface area contributed by atoms with E-state index in [1.807, 2.05) is 0 Å². The molecule has 3 aliphatic rings. The van der Waals surface area contributed by atoms with Crippen LogP contribution < -0.4 is 32.3 Å². The molecule has 3 fully saturated rings. The van der Waals surface area contributed by atoms with Crippen LogP contribution in [-0.2, 0) is 33.6 Å². The first-order valence-electron chi connectivity index (χ1n) is 26.1. The second-order valence-electron chi connectivity index (χ2n) is 20.7. The van der Waals surface area contributed by atoms with Gasteiger partial charge < -0.3 is 88.1 Å². The highest BCUT2D eigenvalue weighted by Crippen LogP contribution is 2.28. The number of nitrogens with one attached hydrogen (secondary N) is 5. The molecule has 0 saturated carbocycles. The molecule has 1 aromatic carbocycles. The van der Waals surface area contributed by atoms with Gasteiger partial charge >= 0.3 is 0 Å². The third-order valence-corrected chi connectivity index (χ3v) is 14.4. The van der Waals surface area contributed by atoms with Crippen LogP contribution in [0.25, 0.3) is 0 Å². The van der Waals surface area contributed by atoms with Gasteiger partial charge in [0.1, 0.15) is 54.3 Å². The van der Waals surface area contributed by atoms with E-state index >= 15 is 0 Å². The van der Waals surface area contributed by atoms with Crippen molar-refractivity contribution in [3.8, 4) is 5.75 Å². The molecule has 3 saturated heterocycles. The number of fused-ring (bicyclic) bond motifs is 2. The van der Waals surface area contributed by atoms with Gasteiger partial charge in [-0.3, -0.25) is 33.6 Å². The van der Waals surface area contributed by atoms with Crippen LogP contribution in [0.15, 0.2) is 36.5 Å². The SMILES string of the molecule is C=C1N[C@@H]([C@H](O)CC(N)=O)C(=O)N2CC[C@H](O)[C@H]2C(=O)N[C@H](O)[C@H](O)C[C@H](NC(=O)CCCCCCCC[C@@H](C)C[C@@H](C)CC)C(=O)N[C@@H]([C@@H](C)O)C(=O)N2C[C@H](O)C[C@H]2C(=O)N[C@H]1[C@H](O)[C@@H](O)c1ccc(O)cc1. The summed E-state index contributed by atoms with van der Waals surface area (Å²) in [5.41, 5.74) is 4.86. The van der Waals surface area contributed by atoms with Crippen molar-refractivity contribution in [3.63, 3.8) is 0 Å². The zero-order valence-corrected chi connectivity index (χ0v) is 43.4. The number of primary amides is 1. The van der Waals surface area contributed by atoms with Gasteiger partial charge in [-0.2, -0.15) is 0 Å². The zero-order valence-electron chi connectivity index (χ0n) is 43.4. The van der Waals surface area contributed by atoms with Crippen LogP contribution in [0.1, 0.15) is 129 Å². The quantitative estimate of drug-likeness (QED) is 0.0608. The Morgan fingerprint density at radius 2 is 1.37 bits per heavy atom. The molecule has 0 radical (unpaired) electrons. The third kappa shape index (κ3) is 17.8. The first-order valence-corrected chi connectivity index (χ1v) is 26.1. The Kier molecular flexibility index (Phi) is 24.1. The van der Waals surface area contributed by atoms with Crippen molar-refractivity contribution in [2.75, 3.05) is 13.1 Å². The number of rotatable bonds is 20. The van der Waals surface area contributed by atoms with Crippen molar-refractivity contribution in [3.05, 3.63) is 42.1 Å². The largest absolute Gasteiger partial charge is 0.508 e. The van der Waals surface area contributed by atoms with E-state index in [1.165, 1.54) is 30.7 Å². The lowest BCUT2D eigenvalue weighted by atomic mass is 9.91. The Hall–Kier alpha value is -5.47. The average Bonchev–Trinajstić information content (AvgIpc) is 3.95. The highest BCUT2D eigenvalue weighted by Gasteiger charge is 2.48. The van der Waals surface area contributed by atoms with E-state index < -0.39 is 158 Å². The summed E-state index contributed by atoms with van der Waals surface area (Å²) in [7, 11) is 0. The van der Waals surface area contributed by atoms with Crippen LogP contribution in [0.4, 0.5) is 0 Å². The van der Waals surface area contributed by atoms with Crippen molar-refractivity contribution in [1.29, 1.82) is 0 Å². The standard InChI is InChI=1S/C51H82N8O16/c1-6-26(2)21-27(3)13-11-9-7-8-10-12-14-39(67)54-33-23-37(65)48(72)57-49(73)43-35(63)19-20-58(43)51(75)42(36(64)24-38(52)66)53-28(4)40(45(69)44(68)30-15-17-31(61)18-16-30)55-47(71)34-22-32(62)25-59(34)50(74)41(29(5)60)56-46(33)70/h15-18,26-27,29,32-37,40-45,48,53,60-65,68-69,72H,4,6-14,19-25H2,1-3,5H3,(H2,52,66)(H,54,67)(H,55,71)(H,56,70)(H,57,73)/t26-,27+,29+,32+,33-,34-,35-,36+,37+,40+,41-,42-,43-,44-,45-,48+/m0/s1. The smallest absolute Gasteiger partial charge is 0.248 e. The molecular formula is C51H82N8O16. The molecule has 0 aromatic heterocycles. The minimum atomic E-state index is -2.24. The van der Waals surface area contributed by atoms with Crippen LogP contribution in [0.2, 0.25) is 0 Å². The molecule has 422 valence electrons. The van der Waals surface area contributed by atoms with E-state index in [0.29, 0.717) is 24.7 Å². The van der Waals surface area contributed by atoms with Gasteiger partial charge in [0.05, 0.1) is 36.9 Å². The summed E-state index contributed by atoms with van der Waals surface area (Å²) in [6, 6.07) is -6.12. The van der Waals surface area contributed by atoms with Crippen molar-refractivity contribution < 1.29 is 79.5 Å². The Morgan fingerprint density at radius 3 is 2.00 bits per heavy atom. The van der Waals surface area contributed by atoms with E-state index in [1.54, 1.807) is 0 Å². The normalized spacial score (nSPS) is 29.0. The van der Waals surface area contributed by atoms with Crippen molar-refractivity contribution in [2.45, 2.75) is 203 Å². The summed E-state index contributed by atoms with van der Waals surface area (Å²) in [5.74, 6) is -6.42. The van der Waals surface area contributed by atoms with Crippen LogP contribution in [0.3, 0.4) is 0 Å². The number of hydrogen-bond acceptors (Lipinski definition) is 17.